The molecule has 0 radical (unpaired) electrons. The van der Waals surface area contributed by atoms with Crippen molar-refractivity contribution in [1.82, 2.24) is 10.2 Å². The highest BCUT2D eigenvalue weighted by Gasteiger charge is 2.41. The van der Waals surface area contributed by atoms with E-state index in [1.54, 1.807) is 0 Å². The van der Waals surface area contributed by atoms with E-state index in [1.165, 1.54) is 12.8 Å². The molecule has 0 aromatic rings. The molecule has 0 aromatic carbocycles. The van der Waals surface area contributed by atoms with Crippen LogP contribution in [-0.2, 0) is 9.59 Å². The zero-order chi connectivity index (χ0) is 14.0. The lowest BCUT2D eigenvalue weighted by Crippen LogP contribution is -2.65. The van der Waals surface area contributed by atoms with Crippen LogP contribution in [0.5, 0.6) is 0 Å². The van der Waals surface area contributed by atoms with Crippen LogP contribution in [0, 0.1) is 5.92 Å². The number of carbonyl (C=O) groups excluding carboxylic acids is 2. The summed E-state index contributed by atoms with van der Waals surface area (Å²) in [6.45, 7) is 6.17. The smallest absolute Gasteiger partial charge is 0.246 e. The summed E-state index contributed by atoms with van der Waals surface area (Å²) >= 11 is 0. The van der Waals surface area contributed by atoms with E-state index >= 15 is 0 Å². The monoisotopic (exact) mass is 266 g/mol. The summed E-state index contributed by atoms with van der Waals surface area (Å²) in [5.41, 5.74) is 0. The van der Waals surface area contributed by atoms with Crippen molar-refractivity contribution in [2.45, 2.75) is 77.4 Å². The summed E-state index contributed by atoms with van der Waals surface area (Å²) in [7, 11) is 0. The van der Waals surface area contributed by atoms with E-state index in [9.17, 15) is 9.59 Å². The number of piperazine rings is 1. The molecule has 4 nitrogen and oxygen atoms in total. The van der Waals surface area contributed by atoms with E-state index in [2.05, 4.69) is 12.2 Å². The van der Waals surface area contributed by atoms with Gasteiger partial charge in [0, 0.05) is 6.04 Å². The topological polar surface area (TPSA) is 49.4 Å². The maximum Gasteiger partial charge on any atom is 0.246 e. The molecule has 1 saturated heterocycles. The Balaban J connectivity index is 2.11. The van der Waals surface area contributed by atoms with Gasteiger partial charge in [-0.25, -0.2) is 0 Å². The zero-order valence-corrected chi connectivity index (χ0v) is 12.3. The normalized spacial score (nSPS) is 36.3. The van der Waals surface area contributed by atoms with E-state index in [-0.39, 0.29) is 29.9 Å². The summed E-state index contributed by atoms with van der Waals surface area (Å²) < 4.78 is 0. The highest BCUT2D eigenvalue weighted by Crippen LogP contribution is 2.30. The van der Waals surface area contributed by atoms with Crippen molar-refractivity contribution < 1.29 is 9.59 Å². The molecular weight excluding hydrogens is 240 g/mol. The highest BCUT2D eigenvalue weighted by atomic mass is 16.2. The van der Waals surface area contributed by atoms with Gasteiger partial charge in [0.1, 0.15) is 12.1 Å². The number of carbonyl (C=O) groups is 2. The van der Waals surface area contributed by atoms with E-state index in [0.717, 1.165) is 31.6 Å². The molecule has 2 aliphatic rings. The first-order valence-electron chi connectivity index (χ1n) is 7.67. The number of rotatable bonds is 3. The third-order valence-corrected chi connectivity index (χ3v) is 4.62. The maximum absolute atomic E-state index is 12.6. The first-order chi connectivity index (χ1) is 9.04. The minimum Gasteiger partial charge on any atom is -0.343 e. The van der Waals surface area contributed by atoms with Gasteiger partial charge in [0.15, 0.2) is 0 Å². The molecule has 1 N–H and O–H groups in total. The van der Waals surface area contributed by atoms with Crippen molar-refractivity contribution in [2.24, 2.45) is 5.92 Å². The number of amides is 2. The second-order valence-electron chi connectivity index (χ2n) is 6.19. The van der Waals surface area contributed by atoms with Crippen molar-refractivity contribution in [1.29, 1.82) is 0 Å². The fourth-order valence-electron chi connectivity index (χ4n) is 3.35. The zero-order valence-electron chi connectivity index (χ0n) is 12.3. The Morgan fingerprint density at radius 3 is 2.37 bits per heavy atom. The highest BCUT2D eigenvalue weighted by molar-refractivity contribution is 5.96. The van der Waals surface area contributed by atoms with Gasteiger partial charge in [-0.05, 0) is 44.9 Å². The Morgan fingerprint density at radius 2 is 1.79 bits per heavy atom. The fourth-order valence-corrected chi connectivity index (χ4v) is 3.35. The standard InChI is InChI=1S/C15H26N2O2/c1-4-5-13-15(19)17(11(3)14(18)16-13)12-8-6-10(2)7-9-12/h10-13H,4-9H2,1-3H3,(H,16,18). The predicted octanol–water partition coefficient (Wildman–Crippen LogP) is 2.08. The van der Waals surface area contributed by atoms with Crippen LogP contribution in [0.15, 0.2) is 0 Å². The molecule has 2 fully saturated rings. The second-order valence-corrected chi connectivity index (χ2v) is 6.19. The van der Waals surface area contributed by atoms with Crippen LogP contribution >= 0.6 is 0 Å². The summed E-state index contributed by atoms with van der Waals surface area (Å²) in [5.74, 6) is 0.900. The van der Waals surface area contributed by atoms with Crippen molar-refractivity contribution in [2.75, 3.05) is 0 Å². The van der Waals surface area contributed by atoms with Crippen LogP contribution < -0.4 is 5.32 Å². The van der Waals surface area contributed by atoms with Crippen LogP contribution in [0.2, 0.25) is 0 Å². The SMILES string of the molecule is CCCC1NC(=O)C(C)N(C2CCC(C)CC2)C1=O. The van der Waals surface area contributed by atoms with E-state index in [0.29, 0.717) is 0 Å². The first-order valence-corrected chi connectivity index (χ1v) is 7.67. The average molecular weight is 266 g/mol. The molecule has 1 saturated carbocycles. The first kappa shape index (κ1) is 14.4. The average Bonchev–Trinajstić information content (AvgIpc) is 2.39. The predicted molar refractivity (Wildman–Crippen MR) is 74.6 cm³/mol. The van der Waals surface area contributed by atoms with Crippen molar-refractivity contribution in [3.05, 3.63) is 0 Å². The van der Waals surface area contributed by atoms with E-state index < -0.39 is 0 Å². The van der Waals surface area contributed by atoms with Crippen LogP contribution in [0.4, 0.5) is 0 Å². The van der Waals surface area contributed by atoms with Gasteiger partial charge >= 0.3 is 0 Å². The minimum absolute atomic E-state index is 0.0108. The van der Waals surface area contributed by atoms with Gasteiger partial charge in [0.05, 0.1) is 0 Å². The van der Waals surface area contributed by atoms with Crippen LogP contribution in [0.25, 0.3) is 0 Å². The third-order valence-electron chi connectivity index (χ3n) is 4.62. The van der Waals surface area contributed by atoms with Crippen LogP contribution in [0.1, 0.15) is 59.3 Å². The minimum atomic E-state index is -0.306. The lowest BCUT2D eigenvalue weighted by molar-refractivity contribution is -0.152. The largest absolute Gasteiger partial charge is 0.343 e. The summed E-state index contributed by atoms with van der Waals surface area (Å²) in [6, 6.07) is -0.337. The molecule has 0 spiro atoms. The maximum atomic E-state index is 12.6. The Hall–Kier alpha value is -1.06. The number of hydrogen-bond donors (Lipinski definition) is 1. The summed E-state index contributed by atoms with van der Waals surface area (Å²) in [5, 5.41) is 2.86. The van der Waals surface area contributed by atoms with Gasteiger partial charge in [0.25, 0.3) is 0 Å². The number of nitrogens with zero attached hydrogens (tertiary/aromatic N) is 1. The molecule has 4 heteroatoms. The Morgan fingerprint density at radius 1 is 1.16 bits per heavy atom. The molecule has 2 amide bonds. The van der Waals surface area contributed by atoms with Crippen molar-refractivity contribution in [3.8, 4) is 0 Å². The molecule has 0 bridgehead atoms. The van der Waals surface area contributed by atoms with Gasteiger partial charge in [0.2, 0.25) is 11.8 Å². The van der Waals surface area contributed by atoms with Gasteiger partial charge in [-0.3, -0.25) is 9.59 Å². The molecule has 2 rings (SSSR count). The van der Waals surface area contributed by atoms with Gasteiger partial charge in [-0.1, -0.05) is 20.3 Å². The Bertz CT molecular complexity index is 348. The van der Waals surface area contributed by atoms with Crippen LogP contribution in [0.3, 0.4) is 0 Å². The molecule has 1 heterocycles. The molecule has 2 atom stereocenters. The quantitative estimate of drug-likeness (QED) is 0.850. The molecule has 1 aliphatic carbocycles. The second kappa shape index (κ2) is 5.93. The van der Waals surface area contributed by atoms with Crippen molar-refractivity contribution in [3.63, 3.8) is 0 Å². The number of hydrogen-bond acceptors (Lipinski definition) is 2. The van der Waals surface area contributed by atoms with E-state index in [1.807, 2.05) is 18.7 Å². The van der Waals surface area contributed by atoms with Crippen molar-refractivity contribution >= 4 is 11.8 Å². The van der Waals surface area contributed by atoms with Gasteiger partial charge < -0.3 is 10.2 Å². The molecule has 0 aromatic heterocycles. The molecule has 1 aliphatic heterocycles. The fraction of sp³-hybridized carbons (Fsp3) is 0.867. The molecule has 108 valence electrons. The van der Waals surface area contributed by atoms with Crippen LogP contribution in [-0.4, -0.2) is 34.8 Å². The van der Waals surface area contributed by atoms with Gasteiger partial charge in [-0.15, -0.1) is 0 Å². The summed E-state index contributed by atoms with van der Waals surface area (Å²) in [4.78, 5) is 26.5. The molecule has 19 heavy (non-hydrogen) atoms. The lowest BCUT2D eigenvalue weighted by atomic mass is 9.85. The third kappa shape index (κ3) is 2.93. The molecule has 2 unspecified atom stereocenters. The lowest BCUT2D eigenvalue weighted by Gasteiger charge is -2.44. The number of nitrogens with one attached hydrogen (secondary N) is 1. The van der Waals surface area contributed by atoms with E-state index in [4.69, 9.17) is 0 Å². The molecular formula is C15H26N2O2. The Kier molecular flexibility index (Phi) is 4.48. The van der Waals surface area contributed by atoms with Gasteiger partial charge in [-0.2, -0.15) is 0 Å². The Labute approximate surface area is 115 Å². The summed E-state index contributed by atoms with van der Waals surface area (Å²) in [6.07, 6.45) is 6.09.